The van der Waals surface area contributed by atoms with Gasteiger partial charge in [0, 0.05) is 6.54 Å². The van der Waals surface area contributed by atoms with Crippen LogP contribution in [0.2, 0.25) is 0 Å². The quantitative estimate of drug-likeness (QED) is 0.877. The molecule has 108 valence electrons. The molecule has 0 aromatic heterocycles. The minimum atomic E-state index is -0.629. The first kappa shape index (κ1) is 14.6. The van der Waals surface area contributed by atoms with E-state index in [0.717, 1.165) is 5.56 Å². The molecule has 21 heavy (non-hydrogen) atoms. The summed E-state index contributed by atoms with van der Waals surface area (Å²) in [7, 11) is 1.27. The largest absolute Gasteiger partial charge is 0.465 e. The Morgan fingerprint density at radius 1 is 1.00 bits per heavy atom. The SMILES string of the molecule is COC(=O)c1ccccc1OC(=O)NCc1ccccc1. The Kier molecular flexibility index (Phi) is 4.93. The van der Waals surface area contributed by atoms with Crippen molar-refractivity contribution in [2.45, 2.75) is 6.54 Å². The third kappa shape index (κ3) is 4.07. The molecule has 5 nitrogen and oxygen atoms in total. The van der Waals surface area contributed by atoms with E-state index in [1.165, 1.54) is 19.2 Å². The molecule has 5 heteroatoms. The lowest BCUT2D eigenvalue weighted by molar-refractivity contribution is 0.0598. The van der Waals surface area contributed by atoms with Gasteiger partial charge in [-0.25, -0.2) is 9.59 Å². The molecule has 2 aromatic carbocycles. The molecular weight excluding hydrogens is 270 g/mol. The minimum Gasteiger partial charge on any atom is -0.465 e. The Morgan fingerprint density at radius 2 is 1.67 bits per heavy atom. The first-order valence-electron chi connectivity index (χ1n) is 6.37. The van der Waals surface area contributed by atoms with Crippen molar-refractivity contribution in [2.75, 3.05) is 7.11 Å². The standard InChI is InChI=1S/C16H15NO4/c1-20-15(18)13-9-5-6-10-14(13)21-16(19)17-11-12-7-3-2-4-8-12/h2-10H,11H2,1H3,(H,17,19). The summed E-state index contributed by atoms with van der Waals surface area (Å²) in [4.78, 5) is 23.3. The lowest BCUT2D eigenvalue weighted by Gasteiger charge is -2.09. The highest BCUT2D eigenvalue weighted by atomic mass is 16.6. The molecule has 0 radical (unpaired) electrons. The normalized spacial score (nSPS) is 9.76. The zero-order chi connectivity index (χ0) is 15.1. The first-order chi connectivity index (χ1) is 10.2. The van der Waals surface area contributed by atoms with Crippen molar-refractivity contribution in [3.8, 4) is 5.75 Å². The van der Waals surface area contributed by atoms with Gasteiger partial charge in [0.25, 0.3) is 0 Å². The van der Waals surface area contributed by atoms with Crippen LogP contribution in [0.1, 0.15) is 15.9 Å². The predicted molar refractivity (Wildman–Crippen MR) is 77.1 cm³/mol. The molecule has 0 aliphatic carbocycles. The maximum absolute atomic E-state index is 11.8. The number of hydrogen-bond acceptors (Lipinski definition) is 4. The summed E-state index contributed by atoms with van der Waals surface area (Å²) in [6.07, 6.45) is -0.629. The van der Waals surface area contributed by atoms with Crippen LogP contribution in [0.3, 0.4) is 0 Å². The Bertz CT molecular complexity index is 625. The fourth-order valence-electron chi connectivity index (χ4n) is 1.74. The fraction of sp³-hybridized carbons (Fsp3) is 0.125. The van der Waals surface area contributed by atoms with Gasteiger partial charge < -0.3 is 14.8 Å². The van der Waals surface area contributed by atoms with Crippen molar-refractivity contribution < 1.29 is 19.1 Å². The fourth-order valence-corrected chi connectivity index (χ4v) is 1.74. The number of ether oxygens (including phenoxy) is 2. The van der Waals surface area contributed by atoms with Crippen LogP contribution in [-0.4, -0.2) is 19.2 Å². The Balaban J connectivity index is 1.98. The van der Waals surface area contributed by atoms with Crippen LogP contribution in [0.5, 0.6) is 5.75 Å². The third-order valence-corrected chi connectivity index (χ3v) is 2.77. The number of methoxy groups -OCH3 is 1. The number of rotatable bonds is 4. The molecule has 1 N–H and O–H groups in total. The van der Waals surface area contributed by atoms with E-state index in [4.69, 9.17) is 4.74 Å². The molecule has 0 unspecified atom stereocenters. The van der Waals surface area contributed by atoms with Crippen LogP contribution in [0, 0.1) is 0 Å². The van der Waals surface area contributed by atoms with Gasteiger partial charge in [-0.1, -0.05) is 42.5 Å². The lowest BCUT2D eigenvalue weighted by atomic mass is 10.2. The van der Waals surface area contributed by atoms with E-state index in [0.29, 0.717) is 6.54 Å². The van der Waals surface area contributed by atoms with Gasteiger partial charge in [-0.05, 0) is 17.7 Å². The van der Waals surface area contributed by atoms with Crippen molar-refractivity contribution in [1.82, 2.24) is 5.32 Å². The highest BCUT2D eigenvalue weighted by molar-refractivity contribution is 5.93. The molecule has 0 bridgehead atoms. The van der Waals surface area contributed by atoms with E-state index in [2.05, 4.69) is 10.1 Å². The molecule has 2 rings (SSSR count). The molecule has 0 aliphatic heterocycles. The number of carbonyl (C=O) groups excluding carboxylic acids is 2. The second-order valence-electron chi connectivity index (χ2n) is 4.22. The van der Waals surface area contributed by atoms with Gasteiger partial charge in [-0.3, -0.25) is 0 Å². The summed E-state index contributed by atoms with van der Waals surface area (Å²) in [5.41, 5.74) is 1.16. The molecule has 0 fully saturated rings. The van der Waals surface area contributed by atoms with Crippen molar-refractivity contribution in [3.63, 3.8) is 0 Å². The average molecular weight is 285 g/mol. The second-order valence-corrected chi connectivity index (χ2v) is 4.22. The zero-order valence-corrected chi connectivity index (χ0v) is 11.5. The van der Waals surface area contributed by atoms with E-state index < -0.39 is 12.1 Å². The average Bonchev–Trinajstić information content (AvgIpc) is 2.54. The number of esters is 1. The first-order valence-corrected chi connectivity index (χ1v) is 6.37. The van der Waals surface area contributed by atoms with Gasteiger partial charge in [0.1, 0.15) is 11.3 Å². The van der Waals surface area contributed by atoms with Crippen molar-refractivity contribution in [2.24, 2.45) is 0 Å². The number of benzene rings is 2. The van der Waals surface area contributed by atoms with Crippen LogP contribution in [0.25, 0.3) is 0 Å². The molecule has 0 heterocycles. The molecule has 0 saturated carbocycles. The molecule has 1 amide bonds. The Morgan fingerprint density at radius 3 is 2.38 bits per heavy atom. The second kappa shape index (κ2) is 7.09. The van der Waals surface area contributed by atoms with Crippen molar-refractivity contribution in [1.29, 1.82) is 0 Å². The Hall–Kier alpha value is -2.82. The molecule has 0 atom stereocenters. The number of para-hydroxylation sites is 1. The van der Waals surface area contributed by atoms with Crippen LogP contribution in [0.4, 0.5) is 4.79 Å². The summed E-state index contributed by atoms with van der Waals surface area (Å²) in [5, 5.41) is 2.62. The van der Waals surface area contributed by atoms with Gasteiger partial charge in [-0.15, -0.1) is 0 Å². The molecule has 0 spiro atoms. The number of hydrogen-bond donors (Lipinski definition) is 1. The summed E-state index contributed by atoms with van der Waals surface area (Å²) >= 11 is 0. The van der Waals surface area contributed by atoms with Gasteiger partial charge in [0.15, 0.2) is 0 Å². The summed E-state index contributed by atoms with van der Waals surface area (Å²) < 4.78 is 9.78. The van der Waals surface area contributed by atoms with Gasteiger partial charge in [-0.2, -0.15) is 0 Å². The highest BCUT2D eigenvalue weighted by Crippen LogP contribution is 2.18. The van der Waals surface area contributed by atoms with E-state index in [1.807, 2.05) is 30.3 Å². The van der Waals surface area contributed by atoms with E-state index in [1.54, 1.807) is 12.1 Å². The van der Waals surface area contributed by atoms with Gasteiger partial charge >= 0.3 is 12.1 Å². The monoisotopic (exact) mass is 285 g/mol. The number of amides is 1. The van der Waals surface area contributed by atoms with E-state index in [9.17, 15) is 9.59 Å². The van der Waals surface area contributed by atoms with Crippen molar-refractivity contribution >= 4 is 12.1 Å². The molecule has 2 aromatic rings. The van der Waals surface area contributed by atoms with Gasteiger partial charge in [0.2, 0.25) is 0 Å². The summed E-state index contributed by atoms with van der Waals surface area (Å²) in [6, 6.07) is 15.9. The Labute approximate surface area is 122 Å². The molecular formula is C16H15NO4. The van der Waals surface area contributed by atoms with E-state index >= 15 is 0 Å². The third-order valence-electron chi connectivity index (χ3n) is 2.77. The number of nitrogens with one attached hydrogen (secondary N) is 1. The minimum absolute atomic E-state index is 0.162. The smallest absolute Gasteiger partial charge is 0.412 e. The maximum atomic E-state index is 11.8. The maximum Gasteiger partial charge on any atom is 0.412 e. The summed E-state index contributed by atoms with van der Waals surface area (Å²) in [6.45, 7) is 0.347. The molecule has 0 saturated heterocycles. The van der Waals surface area contributed by atoms with Crippen LogP contribution >= 0.6 is 0 Å². The van der Waals surface area contributed by atoms with Crippen LogP contribution in [0.15, 0.2) is 54.6 Å². The highest BCUT2D eigenvalue weighted by Gasteiger charge is 2.14. The van der Waals surface area contributed by atoms with Crippen LogP contribution in [-0.2, 0) is 11.3 Å². The van der Waals surface area contributed by atoms with Gasteiger partial charge in [0.05, 0.1) is 7.11 Å². The zero-order valence-electron chi connectivity index (χ0n) is 11.5. The predicted octanol–water partition coefficient (Wildman–Crippen LogP) is 2.76. The van der Waals surface area contributed by atoms with Crippen LogP contribution < -0.4 is 10.1 Å². The van der Waals surface area contributed by atoms with Crippen molar-refractivity contribution in [3.05, 3.63) is 65.7 Å². The summed E-state index contributed by atoms with van der Waals surface area (Å²) in [5.74, 6) is -0.392. The molecule has 0 aliphatic rings. The topological polar surface area (TPSA) is 64.6 Å². The lowest BCUT2D eigenvalue weighted by Crippen LogP contribution is -2.26. The number of carbonyl (C=O) groups is 2. The van der Waals surface area contributed by atoms with E-state index in [-0.39, 0.29) is 11.3 Å².